The summed E-state index contributed by atoms with van der Waals surface area (Å²) in [6.45, 7) is 12.5. The highest BCUT2D eigenvalue weighted by Gasteiger charge is 2.25. The molecule has 0 fully saturated rings. The number of hydrogen-bond acceptors (Lipinski definition) is 5. The monoisotopic (exact) mass is 332 g/mol. The molecule has 0 bridgehead atoms. The number of amides is 3. The molecule has 0 aromatic carbocycles. The topological polar surface area (TPSA) is 130 Å². The standard InChI is InChI=1S/C7H13NO4S.C6H7NO2/c1-4-6(9)8-7(2,3)5-13(10,11)12;1-3-5(8)7-6(9)4-2/h4H,1,5H2,2-3H3,(H,8,9)(H,10,11,12);3-4H,1-2H2,(H,7,8,9). The predicted octanol–water partition coefficient (Wildman–Crippen LogP) is -0.0438. The third kappa shape index (κ3) is 14.2. The van der Waals surface area contributed by atoms with Crippen LogP contribution >= 0.6 is 0 Å². The largest absolute Gasteiger partial charge is 0.347 e. The molecule has 8 nitrogen and oxygen atoms in total. The Morgan fingerprint density at radius 3 is 1.64 bits per heavy atom. The molecule has 0 heterocycles. The number of imide groups is 1. The summed E-state index contributed by atoms with van der Waals surface area (Å²) in [6.07, 6.45) is 3.06. The van der Waals surface area contributed by atoms with Gasteiger partial charge in [0.25, 0.3) is 10.1 Å². The van der Waals surface area contributed by atoms with Crippen LogP contribution in [0.2, 0.25) is 0 Å². The van der Waals surface area contributed by atoms with Crippen molar-refractivity contribution in [2.24, 2.45) is 0 Å². The van der Waals surface area contributed by atoms with Crippen LogP contribution in [-0.4, -0.2) is 42.0 Å². The van der Waals surface area contributed by atoms with E-state index in [4.69, 9.17) is 4.55 Å². The van der Waals surface area contributed by atoms with Gasteiger partial charge in [0, 0.05) is 0 Å². The summed E-state index contributed by atoms with van der Waals surface area (Å²) in [6, 6.07) is 0. The van der Waals surface area contributed by atoms with Gasteiger partial charge in [0.05, 0.1) is 11.3 Å². The van der Waals surface area contributed by atoms with E-state index in [1.165, 1.54) is 13.8 Å². The van der Waals surface area contributed by atoms with Crippen LogP contribution in [0.15, 0.2) is 38.0 Å². The van der Waals surface area contributed by atoms with E-state index in [1.807, 2.05) is 5.32 Å². The van der Waals surface area contributed by atoms with E-state index in [0.717, 1.165) is 18.2 Å². The van der Waals surface area contributed by atoms with Crippen molar-refractivity contribution in [2.45, 2.75) is 19.4 Å². The van der Waals surface area contributed by atoms with Crippen LogP contribution in [0.4, 0.5) is 0 Å². The van der Waals surface area contributed by atoms with Gasteiger partial charge in [-0.05, 0) is 32.1 Å². The summed E-state index contributed by atoms with van der Waals surface area (Å²) < 4.78 is 29.5. The van der Waals surface area contributed by atoms with Gasteiger partial charge in [-0.3, -0.25) is 24.3 Å². The maximum Gasteiger partial charge on any atom is 0.267 e. The fraction of sp³-hybridized carbons (Fsp3) is 0.308. The molecule has 0 aliphatic rings. The summed E-state index contributed by atoms with van der Waals surface area (Å²) in [7, 11) is -4.08. The maximum absolute atomic E-state index is 10.8. The van der Waals surface area contributed by atoms with Crippen LogP contribution < -0.4 is 10.6 Å². The maximum atomic E-state index is 10.8. The lowest BCUT2D eigenvalue weighted by atomic mass is 10.1. The minimum Gasteiger partial charge on any atom is -0.347 e. The Morgan fingerprint density at radius 2 is 1.36 bits per heavy atom. The third-order valence-electron chi connectivity index (χ3n) is 1.81. The molecule has 0 aromatic rings. The van der Waals surface area contributed by atoms with Crippen molar-refractivity contribution in [3.8, 4) is 0 Å². The van der Waals surface area contributed by atoms with Gasteiger partial charge in [0.1, 0.15) is 0 Å². The molecule has 0 rings (SSSR count). The van der Waals surface area contributed by atoms with Crippen LogP contribution in [-0.2, 0) is 24.5 Å². The van der Waals surface area contributed by atoms with Gasteiger partial charge < -0.3 is 5.32 Å². The molecule has 0 saturated carbocycles. The van der Waals surface area contributed by atoms with Crippen LogP contribution in [0.1, 0.15) is 13.8 Å². The zero-order valence-corrected chi connectivity index (χ0v) is 13.3. The van der Waals surface area contributed by atoms with Gasteiger partial charge in [0.2, 0.25) is 17.7 Å². The van der Waals surface area contributed by atoms with E-state index in [2.05, 4.69) is 25.1 Å². The molecular weight excluding hydrogens is 312 g/mol. The second kappa shape index (κ2) is 9.64. The zero-order valence-electron chi connectivity index (χ0n) is 12.5. The fourth-order valence-electron chi connectivity index (χ4n) is 1.10. The van der Waals surface area contributed by atoms with Crippen molar-refractivity contribution in [1.29, 1.82) is 0 Å². The van der Waals surface area contributed by atoms with Gasteiger partial charge in [0.15, 0.2) is 0 Å². The van der Waals surface area contributed by atoms with Gasteiger partial charge in [-0.15, -0.1) is 0 Å². The Kier molecular flexibility index (Phi) is 9.65. The van der Waals surface area contributed by atoms with Crippen molar-refractivity contribution in [3.63, 3.8) is 0 Å². The number of carbonyl (C=O) groups excluding carboxylic acids is 3. The average molecular weight is 332 g/mol. The van der Waals surface area contributed by atoms with Crippen LogP contribution in [0.3, 0.4) is 0 Å². The Morgan fingerprint density at radius 1 is 1.00 bits per heavy atom. The van der Waals surface area contributed by atoms with Crippen molar-refractivity contribution >= 4 is 27.8 Å². The normalized spacial score (nSPS) is 10.3. The molecular formula is C13H20N2O6S. The van der Waals surface area contributed by atoms with E-state index < -0.39 is 39.1 Å². The minimum absolute atomic E-state index is 0.478. The summed E-state index contributed by atoms with van der Waals surface area (Å²) in [5.41, 5.74) is -1.00. The minimum atomic E-state index is -4.08. The molecule has 0 radical (unpaired) electrons. The number of rotatable bonds is 6. The second-order valence-corrected chi connectivity index (χ2v) is 6.02. The highest BCUT2D eigenvalue weighted by molar-refractivity contribution is 7.85. The molecule has 9 heteroatoms. The van der Waals surface area contributed by atoms with Gasteiger partial charge in [-0.1, -0.05) is 19.7 Å². The molecule has 0 spiro atoms. The fourth-order valence-corrected chi connectivity index (χ4v) is 2.08. The lowest BCUT2D eigenvalue weighted by Gasteiger charge is -2.23. The lowest BCUT2D eigenvalue weighted by Crippen LogP contribution is -2.47. The first-order valence-corrected chi connectivity index (χ1v) is 7.47. The van der Waals surface area contributed by atoms with E-state index in [1.54, 1.807) is 0 Å². The van der Waals surface area contributed by atoms with Crippen LogP contribution in [0, 0.1) is 0 Å². The Hall–Kier alpha value is -2.26. The predicted molar refractivity (Wildman–Crippen MR) is 82.4 cm³/mol. The molecule has 3 amide bonds. The van der Waals surface area contributed by atoms with E-state index in [-0.39, 0.29) is 0 Å². The van der Waals surface area contributed by atoms with Crippen LogP contribution in [0.5, 0.6) is 0 Å². The molecule has 0 atom stereocenters. The molecule has 0 aliphatic carbocycles. The van der Waals surface area contributed by atoms with E-state index in [9.17, 15) is 22.8 Å². The average Bonchev–Trinajstić information content (AvgIpc) is 2.35. The Balaban J connectivity index is 0. The Bertz CT molecular complexity index is 545. The summed E-state index contributed by atoms with van der Waals surface area (Å²) in [5.74, 6) is -2.03. The van der Waals surface area contributed by atoms with E-state index >= 15 is 0 Å². The molecule has 0 unspecified atom stereocenters. The third-order valence-corrected chi connectivity index (χ3v) is 2.89. The zero-order chi connectivity index (χ0) is 18.0. The van der Waals surface area contributed by atoms with E-state index in [0.29, 0.717) is 0 Å². The summed E-state index contributed by atoms with van der Waals surface area (Å²) in [5, 5.41) is 4.33. The van der Waals surface area contributed by atoms with Crippen LogP contribution in [0.25, 0.3) is 0 Å². The summed E-state index contributed by atoms with van der Waals surface area (Å²) in [4.78, 5) is 31.4. The van der Waals surface area contributed by atoms with Gasteiger partial charge in [-0.25, -0.2) is 0 Å². The number of nitrogens with one attached hydrogen (secondary N) is 2. The smallest absolute Gasteiger partial charge is 0.267 e. The quantitative estimate of drug-likeness (QED) is 0.462. The van der Waals surface area contributed by atoms with Gasteiger partial charge in [-0.2, -0.15) is 8.42 Å². The van der Waals surface area contributed by atoms with Crippen molar-refractivity contribution in [2.75, 3.05) is 5.75 Å². The number of carbonyl (C=O) groups is 3. The number of hydrogen-bond donors (Lipinski definition) is 3. The summed E-state index contributed by atoms with van der Waals surface area (Å²) >= 11 is 0. The van der Waals surface area contributed by atoms with Crippen molar-refractivity contribution in [3.05, 3.63) is 38.0 Å². The molecule has 0 saturated heterocycles. The SMILES string of the molecule is C=CC(=O)NC(=O)C=C.C=CC(=O)NC(C)(C)CS(=O)(=O)O. The molecule has 124 valence electrons. The van der Waals surface area contributed by atoms with Crippen molar-refractivity contribution < 1.29 is 27.4 Å². The highest BCUT2D eigenvalue weighted by Crippen LogP contribution is 2.05. The lowest BCUT2D eigenvalue weighted by molar-refractivity contribution is -0.125. The highest BCUT2D eigenvalue weighted by atomic mass is 32.2. The Labute approximate surface area is 129 Å². The molecule has 0 aromatic heterocycles. The van der Waals surface area contributed by atoms with Gasteiger partial charge >= 0.3 is 0 Å². The van der Waals surface area contributed by atoms with Crippen molar-refractivity contribution in [1.82, 2.24) is 10.6 Å². The first-order chi connectivity index (χ1) is 9.86. The first-order valence-electron chi connectivity index (χ1n) is 5.86. The second-order valence-electron chi connectivity index (χ2n) is 4.57. The first kappa shape index (κ1) is 22.0. The molecule has 3 N–H and O–H groups in total. The molecule has 0 aliphatic heterocycles. The molecule has 22 heavy (non-hydrogen) atoms.